The molecule has 1 saturated heterocycles. The summed E-state index contributed by atoms with van der Waals surface area (Å²) < 4.78 is 0. The second kappa shape index (κ2) is 6.79. The molecule has 2 rings (SSSR count). The van der Waals surface area contributed by atoms with E-state index in [4.69, 9.17) is 0 Å². The van der Waals surface area contributed by atoms with Crippen LogP contribution in [0, 0.1) is 5.92 Å². The van der Waals surface area contributed by atoms with E-state index in [0.29, 0.717) is 0 Å². The molecule has 0 aromatic heterocycles. The molecule has 1 aliphatic heterocycles. The van der Waals surface area contributed by atoms with Gasteiger partial charge in [0.05, 0.1) is 0 Å². The molecule has 2 atom stereocenters. The fourth-order valence-corrected chi connectivity index (χ4v) is 2.81. The summed E-state index contributed by atoms with van der Waals surface area (Å²) in [6, 6.07) is 11.2. The molecule has 1 fully saturated rings. The molecule has 0 amide bonds. The number of piperidine rings is 1. The predicted octanol–water partition coefficient (Wildman–Crippen LogP) is 3.61. The summed E-state index contributed by atoms with van der Waals surface area (Å²) in [6.45, 7) is 8.36. The topological polar surface area (TPSA) is 15.3 Å². The summed E-state index contributed by atoms with van der Waals surface area (Å²) in [7, 11) is 0. The van der Waals surface area contributed by atoms with E-state index in [1.165, 1.54) is 38.0 Å². The third-order valence-electron chi connectivity index (χ3n) is 4.23. The van der Waals surface area contributed by atoms with Crippen LogP contribution in [0.1, 0.15) is 33.1 Å². The highest BCUT2D eigenvalue weighted by atomic mass is 15.2. The van der Waals surface area contributed by atoms with E-state index < -0.39 is 0 Å². The monoisotopic (exact) mass is 246 g/mol. The molecule has 0 aliphatic carbocycles. The van der Waals surface area contributed by atoms with Crippen molar-refractivity contribution in [2.45, 2.75) is 39.2 Å². The van der Waals surface area contributed by atoms with E-state index in [-0.39, 0.29) is 0 Å². The largest absolute Gasteiger partial charge is 0.385 e. The minimum Gasteiger partial charge on any atom is -0.385 e. The van der Waals surface area contributed by atoms with Crippen LogP contribution in [0.15, 0.2) is 30.3 Å². The SMILES string of the molecule is CC1CCCN(CCCNc2ccccc2)C1C. The first-order valence-corrected chi connectivity index (χ1v) is 7.30. The van der Waals surface area contributed by atoms with E-state index in [0.717, 1.165) is 18.5 Å². The van der Waals surface area contributed by atoms with Crippen LogP contribution in [-0.4, -0.2) is 30.6 Å². The van der Waals surface area contributed by atoms with Gasteiger partial charge in [0, 0.05) is 24.8 Å². The van der Waals surface area contributed by atoms with Crippen LogP contribution in [0.4, 0.5) is 5.69 Å². The van der Waals surface area contributed by atoms with Gasteiger partial charge in [-0.05, 0) is 50.8 Å². The molecule has 1 heterocycles. The van der Waals surface area contributed by atoms with Crippen molar-refractivity contribution in [1.82, 2.24) is 4.90 Å². The Morgan fingerprint density at radius 3 is 2.78 bits per heavy atom. The molecule has 0 spiro atoms. The maximum atomic E-state index is 3.48. The maximum absolute atomic E-state index is 3.48. The fourth-order valence-electron chi connectivity index (χ4n) is 2.81. The molecule has 2 unspecified atom stereocenters. The summed E-state index contributed by atoms with van der Waals surface area (Å²) in [5, 5.41) is 3.48. The van der Waals surface area contributed by atoms with Crippen LogP contribution in [0.5, 0.6) is 0 Å². The van der Waals surface area contributed by atoms with Crippen molar-refractivity contribution in [3.63, 3.8) is 0 Å². The van der Waals surface area contributed by atoms with Crippen LogP contribution in [0.25, 0.3) is 0 Å². The first-order valence-electron chi connectivity index (χ1n) is 7.30. The van der Waals surface area contributed by atoms with Crippen molar-refractivity contribution in [3.8, 4) is 0 Å². The highest BCUT2D eigenvalue weighted by Crippen LogP contribution is 2.22. The lowest BCUT2D eigenvalue weighted by Gasteiger charge is -2.38. The first kappa shape index (κ1) is 13.4. The molecule has 0 saturated carbocycles. The Labute approximate surface area is 111 Å². The summed E-state index contributed by atoms with van der Waals surface area (Å²) >= 11 is 0. The van der Waals surface area contributed by atoms with Gasteiger partial charge < -0.3 is 10.2 Å². The molecule has 1 aliphatic rings. The van der Waals surface area contributed by atoms with Crippen LogP contribution in [0.3, 0.4) is 0 Å². The van der Waals surface area contributed by atoms with Crippen LogP contribution < -0.4 is 5.32 Å². The summed E-state index contributed by atoms with van der Waals surface area (Å²) in [6.07, 6.45) is 4.00. The van der Waals surface area contributed by atoms with Crippen molar-refractivity contribution in [1.29, 1.82) is 0 Å². The van der Waals surface area contributed by atoms with Crippen LogP contribution in [0.2, 0.25) is 0 Å². The van der Waals surface area contributed by atoms with Crippen molar-refractivity contribution in [2.75, 3.05) is 25.0 Å². The summed E-state index contributed by atoms with van der Waals surface area (Å²) in [4.78, 5) is 2.65. The predicted molar refractivity (Wildman–Crippen MR) is 79.0 cm³/mol. The Morgan fingerprint density at radius 2 is 2.00 bits per heavy atom. The zero-order chi connectivity index (χ0) is 12.8. The second-order valence-corrected chi connectivity index (χ2v) is 5.54. The number of hydrogen-bond acceptors (Lipinski definition) is 2. The number of rotatable bonds is 5. The van der Waals surface area contributed by atoms with E-state index >= 15 is 0 Å². The smallest absolute Gasteiger partial charge is 0.0340 e. The van der Waals surface area contributed by atoms with Gasteiger partial charge in [0.1, 0.15) is 0 Å². The normalized spacial score (nSPS) is 25.0. The van der Waals surface area contributed by atoms with Gasteiger partial charge in [-0.3, -0.25) is 0 Å². The zero-order valence-corrected chi connectivity index (χ0v) is 11.7. The van der Waals surface area contributed by atoms with Crippen LogP contribution in [-0.2, 0) is 0 Å². The lowest BCUT2D eigenvalue weighted by atomic mass is 9.92. The van der Waals surface area contributed by atoms with E-state index in [9.17, 15) is 0 Å². The average molecular weight is 246 g/mol. The van der Waals surface area contributed by atoms with Gasteiger partial charge in [-0.1, -0.05) is 25.1 Å². The standard InChI is InChI=1S/C16H26N2/c1-14-8-6-12-18(15(14)2)13-7-11-17-16-9-4-3-5-10-16/h3-5,9-10,14-15,17H,6-8,11-13H2,1-2H3. The molecule has 0 radical (unpaired) electrons. The van der Waals surface area contributed by atoms with Gasteiger partial charge in [0.15, 0.2) is 0 Å². The van der Waals surface area contributed by atoms with Crippen molar-refractivity contribution in [2.24, 2.45) is 5.92 Å². The van der Waals surface area contributed by atoms with Gasteiger partial charge in [0.2, 0.25) is 0 Å². The van der Waals surface area contributed by atoms with Crippen molar-refractivity contribution < 1.29 is 0 Å². The summed E-state index contributed by atoms with van der Waals surface area (Å²) in [5.74, 6) is 0.862. The quantitative estimate of drug-likeness (QED) is 0.798. The van der Waals surface area contributed by atoms with Gasteiger partial charge in [-0.15, -0.1) is 0 Å². The van der Waals surface area contributed by atoms with Gasteiger partial charge >= 0.3 is 0 Å². The molecule has 1 aromatic carbocycles. The van der Waals surface area contributed by atoms with Crippen LogP contribution >= 0.6 is 0 Å². The lowest BCUT2D eigenvalue weighted by Crippen LogP contribution is -2.43. The van der Waals surface area contributed by atoms with Crippen molar-refractivity contribution >= 4 is 5.69 Å². The number of nitrogens with one attached hydrogen (secondary N) is 1. The lowest BCUT2D eigenvalue weighted by molar-refractivity contribution is 0.114. The number of likely N-dealkylation sites (tertiary alicyclic amines) is 1. The third-order valence-corrected chi connectivity index (χ3v) is 4.23. The Kier molecular flexibility index (Phi) is 5.06. The molecule has 2 heteroatoms. The Bertz CT molecular complexity index is 336. The number of nitrogens with zero attached hydrogens (tertiary/aromatic N) is 1. The first-order chi connectivity index (χ1) is 8.77. The Hall–Kier alpha value is -1.02. The van der Waals surface area contributed by atoms with E-state index in [1.54, 1.807) is 0 Å². The molecule has 2 nitrogen and oxygen atoms in total. The zero-order valence-electron chi connectivity index (χ0n) is 11.7. The summed E-state index contributed by atoms with van der Waals surface area (Å²) in [5.41, 5.74) is 1.23. The Balaban J connectivity index is 1.66. The molecule has 1 aromatic rings. The highest BCUT2D eigenvalue weighted by molar-refractivity contribution is 5.42. The number of hydrogen-bond donors (Lipinski definition) is 1. The van der Waals surface area contributed by atoms with E-state index in [2.05, 4.69) is 54.4 Å². The maximum Gasteiger partial charge on any atom is 0.0340 e. The molecule has 100 valence electrons. The molecule has 0 bridgehead atoms. The number of anilines is 1. The second-order valence-electron chi connectivity index (χ2n) is 5.54. The average Bonchev–Trinajstić information content (AvgIpc) is 2.40. The number of benzene rings is 1. The van der Waals surface area contributed by atoms with Gasteiger partial charge in [-0.25, -0.2) is 0 Å². The molecule has 18 heavy (non-hydrogen) atoms. The van der Waals surface area contributed by atoms with Gasteiger partial charge in [0.25, 0.3) is 0 Å². The molecule has 1 N–H and O–H groups in total. The van der Waals surface area contributed by atoms with Gasteiger partial charge in [-0.2, -0.15) is 0 Å². The van der Waals surface area contributed by atoms with Crippen molar-refractivity contribution in [3.05, 3.63) is 30.3 Å². The third kappa shape index (κ3) is 3.74. The fraction of sp³-hybridized carbons (Fsp3) is 0.625. The molecular weight excluding hydrogens is 220 g/mol. The number of para-hydroxylation sites is 1. The minimum absolute atomic E-state index is 0.760. The Morgan fingerprint density at radius 1 is 1.22 bits per heavy atom. The molecular formula is C16H26N2. The minimum atomic E-state index is 0.760. The van der Waals surface area contributed by atoms with E-state index in [1.807, 2.05) is 0 Å². The highest BCUT2D eigenvalue weighted by Gasteiger charge is 2.23.